The molecule has 0 amide bonds. The number of nitrogens with zero attached hydrogens (tertiary/aromatic N) is 2. The molecule has 5 fully saturated rings. The van der Waals surface area contributed by atoms with Gasteiger partial charge in [-0.1, -0.05) is 47.5 Å². The van der Waals surface area contributed by atoms with Gasteiger partial charge in [-0.05, 0) is 129 Å². The number of aliphatic imine (C=N–C) groups is 1. The van der Waals surface area contributed by atoms with Gasteiger partial charge in [0.15, 0.2) is 0 Å². The molecule has 0 unspecified atom stereocenters. The maximum absolute atomic E-state index is 13.0. The van der Waals surface area contributed by atoms with Gasteiger partial charge < -0.3 is 9.59 Å². The molecular formula is C34H60N2O. The molecule has 1 aliphatic heterocycles. The minimum Gasteiger partial charge on any atom is -0.858 e. The standard InChI is InChI=1S/C34H60N2O/c1-24(2)10-11-25(3)29-14-15-30-28-13-12-26-22-27(35-32(37)23-36(6)20-8-7-9-21-36)16-18-33(26,4)31(28)17-19-34(29,30)5/h24-31H,7-23H2,1-6H3/t25-,26-,27-,28-,29-,30-,31-,33-,34+/m0/s1. The first-order valence-electron chi connectivity index (χ1n) is 16.6. The fourth-order valence-corrected chi connectivity index (χ4v) is 11.1. The Morgan fingerprint density at radius 1 is 0.865 bits per heavy atom. The zero-order chi connectivity index (χ0) is 26.4. The smallest absolute Gasteiger partial charge is 0.107 e. The normalized spacial score (nSPS) is 44.7. The van der Waals surface area contributed by atoms with Crippen molar-refractivity contribution in [1.29, 1.82) is 0 Å². The number of likely N-dealkylation sites (tertiary alicyclic amines) is 1. The minimum absolute atomic E-state index is 0.198. The van der Waals surface area contributed by atoms with E-state index in [1.54, 1.807) is 0 Å². The van der Waals surface area contributed by atoms with Crippen LogP contribution in [0.15, 0.2) is 4.99 Å². The zero-order valence-corrected chi connectivity index (χ0v) is 25.4. The minimum atomic E-state index is 0.198. The summed E-state index contributed by atoms with van der Waals surface area (Å²) >= 11 is 0. The maximum Gasteiger partial charge on any atom is 0.107 e. The second-order valence-corrected chi connectivity index (χ2v) is 16.1. The molecule has 5 rings (SSSR count). The molecular weight excluding hydrogens is 452 g/mol. The highest BCUT2D eigenvalue weighted by Gasteiger charge is 2.60. The monoisotopic (exact) mass is 512 g/mol. The predicted octanol–water partition coefficient (Wildman–Crippen LogP) is 7.48. The number of piperidine rings is 1. The van der Waals surface area contributed by atoms with E-state index in [2.05, 4.69) is 41.7 Å². The molecule has 212 valence electrons. The molecule has 0 N–H and O–H groups in total. The van der Waals surface area contributed by atoms with Crippen LogP contribution in [-0.2, 0) is 0 Å². The van der Waals surface area contributed by atoms with Crippen LogP contribution in [0.5, 0.6) is 0 Å². The maximum atomic E-state index is 13.0. The average Bonchev–Trinajstić information content (AvgIpc) is 3.20. The highest BCUT2D eigenvalue weighted by molar-refractivity contribution is 5.72. The summed E-state index contributed by atoms with van der Waals surface area (Å²) in [6.45, 7) is 15.7. The molecule has 3 nitrogen and oxygen atoms in total. The first-order chi connectivity index (χ1) is 17.5. The van der Waals surface area contributed by atoms with Gasteiger partial charge in [-0.15, -0.1) is 0 Å². The molecule has 0 bridgehead atoms. The van der Waals surface area contributed by atoms with E-state index in [4.69, 9.17) is 4.99 Å². The number of fused-ring (bicyclic) bond motifs is 5. The van der Waals surface area contributed by atoms with Crippen molar-refractivity contribution < 1.29 is 9.59 Å². The quantitative estimate of drug-likeness (QED) is 0.198. The molecule has 0 radical (unpaired) electrons. The highest BCUT2D eigenvalue weighted by Crippen LogP contribution is 2.68. The number of hydrogen-bond acceptors (Lipinski definition) is 2. The number of rotatable bonds is 7. The molecule has 37 heavy (non-hydrogen) atoms. The van der Waals surface area contributed by atoms with Crippen LogP contribution in [0, 0.1) is 52.3 Å². The van der Waals surface area contributed by atoms with E-state index in [-0.39, 0.29) is 5.90 Å². The molecule has 9 atom stereocenters. The van der Waals surface area contributed by atoms with Gasteiger partial charge in [0.1, 0.15) is 6.54 Å². The SMILES string of the molecule is CC(C)CC[C@H](C)[C@@H]1CC[C@H]2[C@@H]3CC[C@H]4C[C@@H](N=C([O-])C[N+]5(C)CCCCC5)CC[C@]4(C)[C@H]3CC[C@@]21C. The van der Waals surface area contributed by atoms with Crippen LogP contribution in [0.2, 0.25) is 0 Å². The van der Waals surface area contributed by atoms with Crippen molar-refractivity contribution >= 4 is 5.90 Å². The lowest BCUT2D eigenvalue weighted by molar-refractivity contribution is -0.907. The van der Waals surface area contributed by atoms with Crippen LogP contribution in [0.3, 0.4) is 0 Å². The Balaban J connectivity index is 1.22. The summed E-state index contributed by atoms with van der Waals surface area (Å²) < 4.78 is 0.928. The third-order valence-electron chi connectivity index (χ3n) is 13.3. The van der Waals surface area contributed by atoms with Crippen LogP contribution in [0.1, 0.15) is 125 Å². The van der Waals surface area contributed by atoms with Crippen molar-refractivity contribution in [3.8, 4) is 0 Å². The molecule has 3 heteroatoms. The van der Waals surface area contributed by atoms with Crippen LogP contribution >= 0.6 is 0 Å². The van der Waals surface area contributed by atoms with Crippen LogP contribution in [-0.4, -0.2) is 43.1 Å². The van der Waals surface area contributed by atoms with Crippen molar-refractivity contribution in [2.45, 2.75) is 131 Å². The molecule has 1 heterocycles. The van der Waals surface area contributed by atoms with Crippen molar-refractivity contribution in [3.05, 3.63) is 0 Å². The van der Waals surface area contributed by atoms with E-state index in [0.29, 0.717) is 23.4 Å². The van der Waals surface area contributed by atoms with Gasteiger partial charge in [0.05, 0.1) is 20.1 Å². The number of likely N-dealkylation sites (N-methyl/N-ethyl adjacent to an activating group) is 1. The van der Waals surface area contributed by atoms with Crippen LogP contribution in [0.25, 0.3) is 0 Å². The van der Waals surface area contributed by atoms with Crippen LogP contribution < -0.4 is 5.11 Å². The molecule has 1 saturated heterocycles. The summed E-state index contributed by atoms with van der Waals surface area (Å²) in [4.78, 5) is 4.87. The van der Waals surface area contributed by atoms with E-state index in [0.717, 1.165) is 65.4 Å². The fraction of sp³-hybridized carbons (Fsp3) is 0.971. The van der Waals surface area contributed by atoms with Gasteiger partial charge in [0.2, 0.25) is 0 Å². The second-order valence-electron chi connectivity index (χ2n) is 16.1. The molecule has 4 aliphatic carbocycles. The van der Waals surface area contributed by atoms with E-state index in [9.17, 15) is 5.11 Å². The third kappa shape index (κ3) is 5.43. The van der Waals surface area contributed by atoms with Gasteiger partial charge in [-0.3, -0.25) is 4.99 Å². The Bertz CT molecular complexity index is 815. The summed E-state index contributed by atoms with van der Waals surface area (Å²) in [7, 11) is 2.28. The Kier molecular flexibility index (Phi) is 8.15. The molecule has 4 saturated carbocycles. The largest absolute Gasteiger partial charge is 0.858 e. The van der Waals surface area contributed by atoms with E-state index in [1.165, 1.54) is 83.5 Å². The van der Waals surface area contributed by atoms with Gasteiger partial charge in [-0.2, -0.15) is 0 Å². The number of hydrogen-bond donors (Lipinski definition) is 0. The summed E-state index contributed by atoms with van der Waals surface area (Å²) in [5.41, 5.74) is 1.08. The molecule has 5 aliphatic rings. The van der Waals surface area contributed by atoms with Crippen molar-refractivity contribution in [3.63, 3.8) is 0 Å². The lowest BCUT2D eigenvalue weighted by atomic mass is 9.44. The van der Waals surface area contributed by atoms with Gasteiger partial charge in [0.25, 0.3) is 0 Å². The molecule has 0 aromatic carbocycles. The predicted molar refractivity (Wildman–Crippen MR) is 154 cm³/mol. The van der Waals surface area contributed by atoms with Crippen LogP contribution in [0.4, 0.5) is 0 Å². The van der Waals surface area contributed by atoms with Crippen molar-refractivity contribution in [2.75, 3.05) is 26.7 Å². The lowest BCUT2D eigenvalue weighted by Gasteiger charge is -2.61. The Labute approximate surface area is 229 Å². The number of quaternary nitrogens is 1. The summed E-state index contributed by atoms with van der Waals surface area (Å²) in [6, 6.07) is 0.296. The summed E-state index contributed by atoms with van der Waals surface area (Å²) in [6.07, 6.45) is 19.1. The Morgan fingerprint density at radius 3 is 2.30 bits per heavy atom. The van der Waals surface area contributed by atoms with E-state index >= 15 is 0 Å². The first-order valence-corrected chi connectivity index (χ1v) is 16.6. The lowest BCUT2D eigenvalue weighted by Crippen LogP contribution is -2.54. The average molecular weight is 513 g/mol. The van der Waals surface area contributed by atoms with E-state index < -0.39 is 0 Å². The first kappa shape index (κ1) is 28.0. The van der Waals surface area contributed by atoms with Gasteiger partial charge >= 0.3 is 0 Å². The summed E-state index contributed by atoms with van der Waals surface area (Å²) in [5.74, 6) is 6.51. The van der Waals surface area contributed by atoms with Gasteiger partial charge in [0, 0.05) is 11.9 Å². The highest BCUT2D eigenvalue weighted by atomic mass is 16.3. The van der Waals surface area contributed by atoms with E-state index in [1.807, 2.05) is 0 Å². The Hall–Kier alpha value is -0.570. The second kappa shape index (κ2) is 10.8. The molecule has 0 spiro atoms. The molecule has 0 aromatic heterocycles. The van der Waals surface area contributed by atoms with Crippen molar-refractivity contribution in [1.82, 2.24) is 0 Å². The fourth-order valence-electron chi connectivity index (χ4n) is 11.1. The zero-order valence-electron chi connectivity index (χ0n) is 25.4. The Morgan fingerprint density at radius 2 is 1.57 bits per heavy atom. The van der Waals surface area contributed by atoms with Crippen molar-refractivity contribution in [2.24, 2.45) is 57.2 Å². The third-order valence-corrected chi connectivity index (χ3v) is 13.3. The van der Waals surface area contributed by atoms with Gasteiger partial charge in [-0.25, -0.2) is 0 Å². The summed E-state index contributed by atoms with van der Waals surface area (Å²) in [5, 5.41) is 13.0. The molecule has 0 aromatic rings. The topological polar surface area (TPSA) is 35.4 Å².